The van der Waals surface area contributed by atoms with Crippen molar-refractivity contribution in [1.82, 2.24) is 20.1 Å². The number of amides is 1. The van der Waals surface area contributed by atoms with E-state index in [1.54, 1.807) is 19.9 Å². The van der Waals surface area contributed by atoms with Crippen LogP contribution >= 0.6 is 0 Å². The molecule has 4 aromatic rings. The number of benzene rings is 2. The Morgan fingerprint density at radius 2 is 1.80 bits per heavy atom. The number of halogens is 3. The first-order valence-electron chi connectivity index (χ1n) is 9.26. The molecule has 0 saturated heterocycles. The second kappa shape index (κ2) is 7.33. The number of nitrogens with zero attached hydrogens (tertiary/aromatic N) is 2. The van der Waals surface area contributed by atoms with Gasteiger partial charge in [-0.2, -0.15) is 5.10 Å². The van der Waals surface area contributed by atoms with Crippen LogP contribution in [0.5, 0.6) is 0 Å². The lowest BCUT2D eigenvalue weighted by molar-refractivity contribution is 0.0694. The second-order valence-electron chi connectivity index (χ2n) is 6.93. The van der Waals surface area contributed by atoms with Crippen LogP contribution in [0.2, 0.25) is 0 Å². The van der Waals surface area contributed by atoms with Crippen LogP contribution in [0.3, 0.4) is 0 Å². The van der Waals surface area contributed by atoms with E-state index in [0.29, 0.717) is 10.9 Å². The zero-order chi connectivity index (χ0) is 21.6. The second-order valence-corrected chi connectivity index (χ2v) is 6.93. The topological polar surface area (TPSA) is 81.8 Å². The Morgan fingerprint density at radius 1 is 1.10 bits per heavy atom. The molecule has 2 aromatic carbocycles. The van der Waals surface area contributed by atoms with Crippen molar-refractivity contribution in [2.24, 2.45) is 0 Å². The third-order valence-electron chi connectivity index (χ3n) is 5.14. The lowest BCUT2D eigenvalue weighted by atomic mass is 10.0. The lowest BCUT2D eigenvalue weighted by Gasteiger charge is -2.27. The highest BCUT2D eigenvalue weighted by Crippen LogP contribution is 2.28. The van der Waals surface area contributed by atoms with E-state index in [2.05, 4.69) is 15.2 Å². The van der Waals surface area contributed by atoms with Gasteiger partial charge >= 0.3 is 0 Å². The van der Waals surface area contributed by atoms with Crippen molar-refractivity contribution in [3.63, 3.8) is 0 Å². The molecule has 0 aliphatic heterocycles. The van der Waals surface area contributed by atoms with E-state index in [-0.39, 0.29) is 34.6 Å². The molecule has 0 aliphatic rings. The Labute approximate surface area is 168 Å². The van der Waals surface area contributed by atoms with Gasteiger partial charge in [0.1, 0.15) is 11.5 Å². The quantitative estimate of drug-likeness (QED) is 0.529. The zero-order valence-corrected chi connectivity index (χ0v) is 16.1. The summed E-state index contributed by atoms with van der Waals surface area (Å²) in [4.78, 5) is 29.6. The maximum absolute atomic E-state index is 13.8. The molecule has 2 N–H and O–H groups in total. The van der Waals surface area contributed by atoms with E-state index in [0.717, 1.165) is 12.1 Å². The summed E-state index contributed by atoms with van der Waals surface area (Å²) in [6.07, 6.45) is 0. The number of hydrogen-bond acceptors (Lipinski definition) is 3. The summed E-state index contributed by atoms with van der Waals surface area (Å²) in [6, 6.07) is 6.73. The largest absolute Gasteiger partial charge is 0.351 e. The van der Waals surface area contributed by atoms with Crippen molar-refractivity contribution in [2.75, 3.05) is 6.54 Å². The van der Waals surface area contributed by atoms with Crippen LogP contribution < -0.4 is 5.56 Å². The number of aromatic amines is 2. The smallest absolute Gasteiger partial charge is 0.272 e. The molecule has 1 unspecified atom stereocenters. The number of carbonyl (C=O) groups excluding carboxylic acids is 1. The van der Waals surface area contributed by atoms with E-state index in [1.807, 2.05) is 0 Å². The van der Waals surface area contributed by atoms with Gasteiger partial charge in [0.2, 0.25) is 0 Å². The molecular formula is C21H17F3N4O2. The molecule has 0 radical (unpaired) electrons. The average molecular weight is 414 g/mol. The standard InChI is InChI=1S/C21H17F3N4O2/c1-3-28(21(30)18-7-11-6-12(22)4-5-17(11)25-18)10(2)19-13-8-15(23)16(24)9-14(13)20(29)27-26-19/h4-10,25H,3H2,1-2H3,(H,27,29). The highest BCUT2D eigenvalue weighted by Gasteiger charge is 2.26. The van der Waals surface area contributed by atoms with Crippen LogP contribution in [0.4, 0.5) is 13.2 Å². The summed E-state index contributed by atoms with van der Waals surface area (Å²) in [7, 11) is 0. The summed E-state index contributed by atoms with van der Waals surface area (Å²) < 4.78 is 40.9. The van der Waals surface area contributed by atoms with E-state index < -0.39 is 29.1 Å². The average Bonchev–Trinajstić information content (AvgIpc) is 3.13. The molecular weight excluding hydrogens is 397 g/mol. The van der Waals surface area contributed by atoms with E-state index in [1.165, 1.54) is 23.1 Å². The van der Waals surface area contributed by atoms with Gasteiger partial charge in [-0.3, -0.25) is 9.59 Å². The van der Waals surface area contributed by atoms with E-state index in [4.69, 9.17) is 0 Å². The molecule has 2 heterocycles. The summed E-state index contributed by atoms with van der Waals surface area (Å²) in [5.41, 5.74) is 0.414. The fourth-order valence-electron chi connectivity index (χ4n) is 3.61. The summed E-state index contributed by atoms with van der Waals surface area (Å²) >= 11 is 0. The third kappa shape index (κ3) is 3.22. The highest BCUT2D eigenvalue weighted by atomic mass is 19.2. The number of fused-ring (bicyclic) bond motifs is 2. The van der Waals surface area contributed by atoms with Crippen molar-refractivity contribution < 1.29 is 18.0 Å². The molecule has 9 heteroatoms. The molecule has 6 nitrogen and oxygen atoms in total. The van der Waals surface area contributed by atoms with Crippen LogP contribution in [-0.4, -0.2) is 32.5 Å². The molecule has 1 atom stereocenters. The van der Waals surface area contributed by atoms with Gasteiger partial charge in [0, 0.05) is 22.8 Å². The summed E-state index contributed by atoms with van der Waals surface area (Å²) in [5, 5.41) is 6.88. The lowest BCUT2D eigenvalue weighted by Crippen LogP contribution is -2.34. The molecule has 0 bridgehead atoms. The first-order chi connectivity index (χ1) is 14.3. The summed E-state index contributed by atoms with van der Waals surface area (Å²) in [5.74, 6) is -3.06. The fraction of sp³-hybridized carbons (Fsp3) is 0.190. The third-order valence-corrected chi connectivity index (χ3v) is 5.14. The molecule has 0 spiro atoms. The zero-order valence-electron chi connectivity index (χ0n) is 16.1. The molecule has 0 fully saturated rings. The van der Waals surface area contributed by atoms with E-state index in [9.17, 15) is 22.8 Å². The Kier molecular flexibility index (Phi) is 4.81. The summed E-state index contributed by atoms with van der Waals surface area (Å²) in [6.45, 7) is 3.70. The normalized spacial score (nSPS) is 12.4. The maximum Gasteiger partial charge on any atom is 0.272 e. The minimum Gasteiger partial charge on any atom is -0.351 e. The van der Waals surface area contributed by atoms with Gasteiger partial charge < -0.3 is 9.88 Å². The molecule has 4 rings (SSSR count). The number of hydrogen-bond donors (Lipinski definition) is 2. The van der Waals surface area contributed by atoms with Crippen LogP contribution in [-0.2, 0) is 0 Å². The Morgan fingerprint density at radius 3 is 2.50 bits per heavy atom. The first kappa shape index (κ1) is 19.7. The molecule has 154 valence electrons. The number of rotatable bonds is 4. The Balaban J connectivity index is 1.77. The van der Waals surface area contributed by atoms with Gasteiger partial charge in [0.05, 0.1) is 17.1 Å². The highest BCUT2D eigenvalue weighted by molar-refractivity contribution is 5.98. The monoisotopic (exact) mass is 414 g/mol. The number of carbonyl (C=O) groups is 1. The maximum atomic E-state index is 13.8. The van der Waals surface area contributed by atoms with Gasteiger partial charge in [-0.25, -0.2) is 18.3 Å². The van der Waals surface area contributed by atoms with Crippen LogP contribution in [0, 0.1) is 17.5 Å². The van der Waals surface area contributed by atoms with Crippen molar-refractivity contribution in [3.05, 3.63) is 75.6 Å². The minimum absolute atomic E-state index is 0.0599. The Bertz CT molecular complexity index is 1350. The predicted molar refractivity (Wildman–Crippen MR) is 106 cm³/mol. The molecule has 30 heavy (non-hydrogen) atoms. The minimum atomic E-state index is -1.15. The number of nitrogens with one attached hydrogen (secondary N) is 2. The van der Waals surface area contributed by atoms with Crippen molar-refractivity contribution in [3.8, 4) is 0 Å². The van der Waals surface area contributed by atoms with Crippen molar-refractivity contribution in [1.29, 1.82) is 0 Å². The van der Waals surface area contributed by atoms with Gasteiger partial charge in [0.15, 0.2) is 11.6 Å². The van der Waals surface area contributed by atoms with Crippen LogP contribution in [0.15, 0.2) is 41.2 Å². The molecule has 2 aromatic heterocycles. The van der Waals surface area contributed by atoms with E-state index >= 15 is 0 Å². The van der Waals surface area contributed by atoms with Gasteiger partial charge in [-0.15, -0.1) is 0 Å². The predicted octanol–water partition coefficient (Wildman–Crippen LogP) is 4.05. The van der Waals surface area contributed by atoms with Gasteiger partial charge in [-0.05, 0) is 50.2 Å². The number of aromatic nitrogens is 3. The SMILES string of the molecule is CCN(C(=O)c1cc2cc(F)ccc2[nH]1)C(C)c1n[nH]c(=O)c2cc(F)c(F)cc12. The van der Waals surface area contributed by atoms with Crippen molar-refractivity contribution >= 4 is 27.6 Å². The fourth-order valence-corrected chi connectivity index (χ4v) is 3.61. The molecule has 0 aliphatic carbocycles. The van der Waals surface area contributed by atoms with Crippen LogP contribution in [0.25, 0.3) is 21.7 Å². The number of H-pyrrole nitrogens is 2. The van der Waals surface area contributed by atoms with Gasteiger partial charge in [-0.1, -0.05) is 0 Å². The molecule has 1 amide bonds. The first-order valence-corrected chi connectivity index (χ1v) is 9.26. The van der Waals surface area contributed by atoms with Gasteiger partial charge in [0.25, 0.3) is 11.5 Å². The molecule has 0 saturated carbocycles. The van der Waals surface area contributed by atoms with Crippen LogP contribution in [0.1, 0.15) is 36.1 Å². The van der Waals surface area contributed by atoms with Crippen molar-refractivity contribution in [2.45, 2.75) is 19.9 Å². The Hall–Kier alpha value is -3.62.